The molecular weight excluding hydrogens is 280 g/mol. The number of carboxylic acid groups (broad SMARTS) is 1. The highest BCUT2D eigenvalue weighted by Crippen LogP contribution is 2.19. The van der Waals surface area contributed by atoms with Gasteiger partial charge in [0, 0.05) is 12.6 Å². The zero-order valence-corrected chi connectivity index (χ0v) is 12.0. The molecule has 0 radical (unpaired) electrons. The third-order valence-corrected chi connectivity index (χ3v) is 3.59. The van der Waals surface area contributed by atoms with Crippen LogP contribution in [0.1, 0.15) is 29.1 Å². The fourth-order valence-electron chi connectivity index (χ4n) is 1.26. The van der Waals surface area contributed by atoms with Gasteiger partial charge in [0.2, 0.25) is 5.91 Å². The molecule has 0 saturated carbocycles. The summed E-state index contributed by atoms with van der Waals surface area (Å²) >= 11 is 1.20. The largest absolute Gasteiger partial charge is 0.478 e. The van der Waals surface area contributed by atoms with Gasteiger partial charge in [0.15, 0.2) is 0 Å². The third-order valence-electron chi connectivity index (χ3n) is 2.67. The molecule has 0 spiro atoms. The lowest BCUT2D eigenvalue weighted by molar-refractivity contribution is -0.131. The van der Waals surface area contributed by atoms with Gasteiger partial charge in [0.1, 0.15) is 0 Å². The topological polar surface area (TPSA) is 109 Å². The number of hydrogen-bond donors (Lipinski definition) is 3. The summed E-state index contributed by atoms with van der Waals surface area (Å²) < 4.78 is 0. The van der Waals surface area contributed by atoms with Crippen molar-refractivity contribution in [2.75, 3.05) is 6.54 Å². The molecule has 6 nitrogen and oxygen atoms in total. The van der Waals surface area contributed by atoms with E-state index in [0.717, 1.165) is 6.08 Å². The molecule has 0 unspecified atom stereocenters. The molecule has 1 aromatic heterocycles. The molecule has 0 aliphatic carbocycles. The Morgan fingerprint density at radius 1 is 1.45 bits per heavy atom. The Morgan fingerprint density at radius 2 is 2.10 bits per heavy atom. The molecule has 20 heavy (non-hydrogen) atoms. The quantitative estimate of drug-likeness (QED) is 0.682. The molecule has 1 aromatic rings. The highest BCUT2D eigenvalue weighted by Gasteiger charge is 2.26. The van der Waals surface area contributed by atoms with Crippen LogP contribution in [0.25, 0.3) is 6.08 Å². The van der Waals surface area contributed by atoms with E-state index >= 15 is 0 Å². The summed E-state index contributed by atoms with van der Waals surface area (Å²) in [6.07, 6.45) is 2.32. The van der Waals surface area contributed by atoms with E-state index < -0.39 is 17.3 Å². The Bertz CT molecular complexity index is 560. The number of thiophene rings is 1. The van der Waals surface area contributed by atoms with Gasteiger partial charge in [-0.3, -0.25) is 9.59 Å². The van der Waals surface area contributed by atoms with Crippen molar-refractivity contribution in [2.45, 2.75) is 13.8 Å². The van der Waals surface area contributed by atoms with E-state index in [-0.39, 0.29) is 12.5 Å². The maximum absolute atomic E-state index is 12.0. The minimum absolute atomic E-state index is 0.112. The van der Waals surface area contributed by atoms with E-state index in [2.05, 4.69) is 5.32 Å². The van der Waals surface area contributed by atoms with Gasteiger partial charge < -0.3 is 16.2 Å². The molecule has 1 heterocycles. The first kappa shape index (κ1) is 15.9. The SMILES string of the molecule is CC(C)(CNC(=O)c1sccc1/C=C/C(=O)O)C(N)=O. The maximum atomic E-state index is 12.0. The van der Waals surface area contributed by atoms with Gasteiger partial charge in [-0.05, 0) is 36.9 Å². The lowest BCUT2D eigenvalue weighted by atomic mass is 9.93. The molecule has 7 heteroatoms. The van der Waals surface area contributed by atoms with Crippen molar-refractivity contribution < 1.29 is 19.5 Å². The minimum Gasteiger partial charge on any atom is -0.478 e. The van der Waals surface area contributed by atoms with E-state index in [4.69, 9.17) is 10.8 Å². The van der Waals surface area contributed by atoms with E-state index in [1.165, 1.54) is 17.4 Å². The molecule has 0 saturated heterocycles. The average Bonchev–Trinajstić information content (AvgIpc) is 2.81. The Morgan fingerprint density at radius 3 is 2.65 bits per heavy atom. The van der Waals surface area contributed by atoms with Crippen LogP contribution in [0.5, 0.6) is 0 Å². The molecule has 0 aromatic carbocycles. The first-order valence-corrected chi connectivity index (χ1v) is 6.68. The molecule has 108 valence electrons. The van der Waals surface area contributed by atoms with Crippen molar-refractivity contribution in [3.63, 3.8) is 0 Å². The number of primary amides is 1. The Balaban J connectivity index is 2.77. The Hall–Kier alpha value is -2.15. The highest BCUT2D eigenvalue weighted by atomic mass is 32.1. The number of carbonyl (C=O) groups excluding carboxylic acids is 2. The molecule has 0 bridgehead atoms. The van der Waals surface area contributed by atoms with Gasteiger partial charge in [-0.25, -0.2) is 4.79 Å². The fourth-order valence-corrected chi connectivity index (χ4v) is 2.07. The van der Waals surface area contributed by atoms with Crippen LogP contribution in [-0.2, 0) is 9.59 Å². The van der Waals surface area contributed by atoms with Crippen LogP contribution in [0.4, 0.5) is 0 Å². The molecule has 0 aliphatic heterocycles. The van der Waals surface area contributed by atoms with E-state index in [1.807, 2.05) is 0 Å². The Labute approximate surface area is 120 Å². The first-order valence-electron chi connectivity index (χ1n) is 5.80. The summed E-state index contributed by atoms with van der Waals surface area (Å²) in [6, 6.07) is 1.65. The fraction of sp³-hybridized carbons (Fsp3) is 0.308. The second-order valence-corrected chi connectivity index (χ2v) is 5.72. The molecule has 1 rings (SSSR count). The maximum Gasteiger partial charge on any atom is 0.328 e. The number of carbonyl (C=O) groups is 3. The third kappa shape index (κ3) is 4.20. The molecule has 0 aliphatic rings. The van der Waals surface area contributed by atoms with Gasteiger partial charge in [0.05, 0.1) is 10.3 Å². The van der Waals surface area contributed by atoms with Gasteiger partial charge in [-0.2, -0.15) is 0 Å². The van der Waals surface area contributed by atoms with Crippen molar-refractivity contribution >= 4 is 35.2 Å². The van der Waals surface area contributed by atoms with Crippen LogP contribution in [0.2, 0.25) is 0 Å². The predicted molar refractivity (Wildman–Crippen MR) is 76.3 cm³/mol. The summed E-state index contributed by atoms with van der Waals surface area (Å²) in [5.41, 5.74) is 4.90. The second kappa shape index (κ2) is 6.33. The van der Waals surface area contributed by atoms with Crippen LogP contribution in [0.3, 0.4) is 0 Å². The number of hydrogen-bond acceptors (Lipinski definition) is 4. The van der Waals surface area contributed by atoms with Crippen molar-refractivity contribution in [1.29, 1.82) is 0 Å². The molecule has 0 atom stereocenters. The first-order chi connectivity index (χ1) is 9.24. The smallest absolute Gasteiger partial charge is 0.328 e. The summed E-state index contributed by atoms with van der Waals surface area (Å²) in [6.45, 7) is 3.38. The van der Waals surface area contributed by atoms with Crippen LogP contribution in [-0.4, -0.2) is 29.4 Å². The van der Waals surface area contributed by atoms with Gasteiger partial charge in [-0.1, -0.05) is 0 Å². The summed E-state index contributed by atoms with van der Waals surface area (Å²) in [5.74, 6) is -1.95. The predicted octanol–water partition coefficient (Wildman–Crippen LogP) is 1.09. The zero-order valence-electron chi connectivity index (χ0n) is 11.2. The van der Waals surface area contributed by atoms with Crippen molar-refractivity contribution in [3.8, 4) is 0 Å². The zero-order chi connectivity index (χ0) is 15.3. The highest BCUT2D eigenvalue weighted by molar-refractivity contribution is 7.12. The second-order valence-electron chi connectivity index (χ2n) is 4.81. The van der Waals surface area contributed by atoms with Gasteiger partial charge in [0.25, 0.3) is 5.91 Å². The number of amides is 2. The van der Waals surface area contributed by atoms with Crippen molar-refractivity contribution in [2.24, 2.45) is 11.1 Å². The summed E-state index contributed by atoms with van der Waals surface area (Å²) in [4.78, 5) is 34.0. The Kier molecular flexibility index (Phi) is 5.04. The standard InChI is InChI=1S/C13H16N2O4S/c1-13(2,12(14)19)7-15-11(18)10-8(5-6-20-10)3-4-9(16)17/h3-6H,7H2,1-2H3,(H2,14,19)(H,15,18)(H,16,17)/b4-3+. The van der Waals surface area contributed by atoms with E-state index in [0.29, 0.717) is 10.4 Å². The number of rotatable bonds is 6. The molecule has 0 fully saturated rings. The van der Waals surface area contributed by atoms with Crippen LogP contribution < -0.4 is 11.1 Å². The van der Waals surface area contributed by atoms with Crippen LogP contribution >= 0.6 is 11.3 Å². The number of nitrogens with one attached hydrogen (secondary N) is 1. The molecule has 4 N–H and O–H groups in total. The lowest BCUT2D eigenvalue weighted by Crippen LogP contribution is -2.42. The monoisotopic (exact) mass is 296 g/mol. The van der Waals surface area contributed by atoms with Crippen molar-refractivity contribution in [3.05, 3.63) is 28.0 Å². The van der Waals surface area contributed by atoms with Gasteiger partial charge in [-0.15, -0.1) is 11.3 Å². The minimum atomic E-state index is -1.09. The lowest BCUT2D eigenvalue weighted by Gasteiger charge is -2.20. The van der Waals surface area contributed by atoms with Crippen molar-refractivity contribution in [1.82, 2.24) is 5.32 Å². The summed E-state index contributed by atoms with van der Waals surface area (Å²) in [5, 5.41) is 12.9. The summed E-state index contributed by atoms with van der Waals surface area (Å²) in [7, 11) is 0. The van der Waals surface area contributed by atoms with Gasteiger partial charge >= 0.3 is 5.97 Å². The molecular formula is C13H16N2O4S. The average molecular weight is 296 g/mol. The van der Waals surface area contributed by atoms with Crippen LogP contribution in [0.15, 0.2) is 17.5 Å². The number of aliphatic carboxylic acids is 1. The van der Waals surface area contributed by atoms with E-state index in [1.54, 1.807) is 25.3 Å². The molecule has 2 amide bonds. The number of carboxylic acids is 1. The number of nitrogens with two attached hydrogens (primary N) is 1. The normalized spacial score (nSPS) is 11.5. The van der Waals surface area contributed by atoms with E-state index in [9.17, 15) is 14.4 Å². The van der Waals surface area contributed by atoms with Crippen LogP contribution in [0, 0.1) is 5.41 Å².